The molecule has 3 N–H and O–H groups in total. The zero-order valence-electron chi connectivity index (χ0n) is 17.0. The molecule has 0 saturated carbocycles. The maximum Gasteiger partial charge on any atom is 0.269 e. The number of rotatable bonds is 11. The summed E-state index contributed by atoms with van der Waals surface area (Å²) in [6, 6.07) is 2.32. The number of phenols is 1. The second-order valence-electron chi connectivity index (χ2n) is 6.31. The van der Waals surface area contributed by atoms with Crippen LogP contribution in [0.25, 0.3) is 0 Å². The summed E-state index contributed by atoms with van der Waals surface area (Å²) in [5.74, 6) is -0.716. The monoisotopic (exact) mass is 461 g/mol. The predicted molar refractivity (Wildman–Crippen MR) is 114 cm³/mol. The van der Waals surface area contributed by atoms with Crippen LogP contribution < -0.4 is 21.5 Å². The molecule has 2 aromatic carbocycles. The summed E-state index contributed by atoms with van der Waals surface area (Å²) in [5, 5.41) is 15.9. The number of ether oxygens (including phenoxy) is 1. The summed E-state index contributed by atoms with van der Waals surface area (Å²) in [6.07, 6.45) is 0.635. The van der Waals surface area contributed by atoms with Gasteiger partial charge in [-0.25, -0.2) is 8.42 Å². The second-order valence-corrected chi connectivity index (χ2v) is 8.59. The first-order valence-corrected chi connectivity index (χ1v) is 10.9. The van der Waals surface area contributed by atoms with Gasteiger partial charge in [0, 0.05) is 19.7 Å². The van der Waals surface area contributed by atoms with E-state index in [0.29, 0.717) is 24.1 Å². The number of hydrogen-bond donors (Lipinski definition) is 3. The van der Waals surface area contributed by atoms with Gasteiger partial charge in [-0.3, -0.25) is 14.4 Å². The standard InChI is InChI=1S/C18H24ClN3O7S/c1-5-10(9-29-6-2)20-13-14(17(25)16(13)24)21-12-8-7-11(19)18(15(12)23)30(26,27)22(3)28-4/h7-8,10,20-21,23H,5-6,9H2,1-4H3/t10-/m0/s1. The molecule has 0 amide bonds. The molecule has 30 heavy (non-hydrogen) atoms. The average molecular weight is 462 g/mol. The summed E-state index contributed by atoms with van der Waals surface area (Å²) >= 11 is 5.98. The Morgan fingerprint density at radius 3 is 2.40 bits per heavy atom. The van der Waals surface area contributed by atoms with Crippen molar-refractivity contribution in [3.8, 4) is 5.75 Å². The highest BCUT2D eigenvalue weighted by Gasteiger charge is 2.31. The van der Waals surface area contributed by atoms with Crippen molar-refractivity contribution in [3.05, 3.63) is 37.6 Å². The Balaban J connectivity index is 2.41. The van der Waals surface area contributed by atoms with Crippen LogP contribution in [0.4, 0.5) is 17.1 Å². The van der Waals surface area contributed by atoms with E-state index in [1.54, 1.807) is 0 Å². The van der Waals surface area contributed by atoms with Crippen LogP contribution in [0.1, 0.15) is 20.3 Å². The van der Waals surface area contributed by atoms with E-state index in [9.17, 15) is 23.1 Å². The Bertz CT molecular complexity index is 1080. The quantitative estimate of drug-likeness (QED) is 0.260. The summed E-state index contributed by atoms with van der Waals surface area (Å²) in [5.41, 5.74) is -1.67. The Morgan fingerprint density at radius 1 is 1.20 bits per heavy atom. The van der Waals surface area contributed by atoms with Crippen LogP contribution in [0.2, 0.25) is 5.02 Å². The van der Waals surface area contributed by atoms with Crippen molar-refractivity contribution in [1.82, 2.24) is 4.47 Å². The number of aromatic hydroxyl groups is 1. The van der Waals surface area contributed by atoms with Crippen LogP contribution >= 0.6 is 11.6 Å². The summed E-state index contributed by atoms with van der Waals surface area (Å²) < 4.78 is 31.0. The van der Waals surface area contributed by atoms with Gasteiger partial charge in [0.15, 0.2) is 5.75 Å². The maximum atomic E-state index is 12.6. The molecule has 0 aliphatic heterocycles. The van der Waals surface area contributed by atoms with E-state index >= 15 is 0 Å². The van der Waals surface area contributed by atoms with Gasteiger partial charge >= 0.3 is 0 Å². The number of anilines is 3. The first-order chi connectivity index (χ1) is 14.1. The first kappa shape index (κ1) is 24.1. The van der Waals surface area contributed by atoms with Crippen LogP contribution in [0.3, 0.4) is 0 Å². The normalized spacial score (nSPS) is 13.0. The van der Waals surface area contributed by atoms with Crippen LogP contribution in [0, 0.1) is 0 Å². The Hall–Kier alpha value is -2.18. The molecule has 12 heteroatoms. The van der Waals surface area contributed by atoms with Gasteiger partial charge in [-0.15, -0.1) is 0 Å². The van der Waals surface area contributed by atoms with Crippen LogP contribution in [0.15, 0.2) is 26.6 Å². The van der Waals surface area contributed by atoms with Gasteiger partial charge in [0.1, 0.15) is 16.3 Å². The van der Waals surface area contributed by atoms with Gasteiger partial charge in [0.2, 0.25) is 0 Å². The molecule has 2 aromatic rings. The zero-order valence-corrected chi connectivity index (χ0v) is 18.6. The van der Waals surface area contributed by atoms with Crippen molar-refractivity contribution in [3.63, 3.8) is 0 Å². The van der Waals surface area contributed by atoms with E-state index in [-0.39, 0.29) is 28.1 Å². The third kappa shape index (κ3) is 4.60. The molecule has 166 valence electrons. The molecule has 0 bridgehead atoms. The van der Waals surface area contributed by atoms with Gasteiger partial charge in [0.05, 0.1) is 24.4 Å². The average Bonchev–Trinajstić information content (AvgIpc) is 2.72. The summed E-state index contributed by atoms with van der Waals surface area (Å²) in [4.78, 5) is 28.2. The molecule has 0 unspecified atom stereocenters. The van der Waals surface area contributed by atoms with Crippen molar-refractivity contribution in [2.75, 3.05) is 38.0 Å². The molecule has 0 saturated heterocycles. The maximum absolute atomic E-state index is 12.6. The number of hydrogen-bond acceptors (Lipinski definition) is 9. The molecule has 1 atom stereocenters. The van der Waals surface area contributed by atoms with E-state index in [4.69, 9.17) is 21.2 Å². The lowest BCUT2D eigenvalue weighted by Gasteiger charge is -2.22. The fourth-order valence-corrected chi connectivity index (χ4v) is 4.20. The molecular formula is C18H24ClN3O7S. The summed E-state index contributed by atoms with van der Waals surface area (Å²) in [7, 11) is -2.01. The smallest absolute Gasteiger partial charge is 0.269 e. The number of hydroxylamine groups is 1. The molecule has 0 aromatic heterocycles. The topological polar surface area (TPSA) is 134 Å². The highest BCUT2D eigenvalue weighted by atomic mass is 35.5. The minimum atomic E-state index is -4.28. The molecule has 0 fully saturated rings. The third-order valence-electron chi connectivity index (χ3n) is 4.47. The molecular weight excluding hydrogens is 438 g/mol. The number of sulfonamides is 1. The molecule has 0 radical (unpaired) electrons. The van der Waals surface area contributed by atoms with Gasteiger partial charge in [0.25, 0.3) is 20.9 Å². The van der Waals surface area contributed by atoms with Gasteiger partial charge in [-0.1, -0.05) is 23.0 Å². The molecule has 0 aliphatic rings. The van der Waals surface area contributed by atoms with E-state index in [0.717, 1.165) is 14.2 Å². The second kappa shape index (κ2) is 9.75. The molecule has 10 nitrogen and oxygen atoms in total. The van der Waals surface area contributed by atoms with Crippen molar-refractivity contribution in [1.29, 1.82) is 0 Å². The minimum absolute atomic E-state index is 0.0410. The van der Waals surface area contributed by atoms with Gasteiger partial charge in [-0.05, 0) is 25.5 Å². The van der Waals surface area contributed by atoms with E-state index in [1.165, 1.54) is 12.1 Å². The largest absolute Gasteiger partial charge is 0.504 e. The number of nitrogens with one attached hydrogen (secondary N) is 2. The highest BCUT2D eigenvalue weighted by molar-refractivity contribution is 7.89. The number of benzene rings is 1. The molecule has 0 spiro atoms. The lowest BCUT2D eigenvalue weighted by Crippen LogP contribution is -2.40. The highest BCUT2D eigenvalue weighted by Crippen LogP contribution is 2.39. The van der Waals surface area contributed by atoms with Crippen molar-refractivity contribution in [2.45, 2.75) is 31.2 Å². The minimum Gasteiger partial charge on any atom is -0.504 e. The Labute approximate surface area is 179 Å². The van der Waals surface area contributed by atoms with Gasteiger partial charge in [-0.2, -0.15) is 0 Å². The van der Waals surface area contributed by atoms with Gasteiger partial charge < -0.3 is 20.5 Å². The van der Waals surface area contributed by atoms with E-state index in [1.807, 2.05) is 13.8 Å². The van der Waals surface area contributed by atoms with Crippen LogP contribution in [-0.2, 0) is 19.6 Å². The predicted octanol–water partition coefficient (Wildman–Crippen LogP) is 1.79. The van der Waals surface area contributed by atoms with Crippen LogP contribution in [0.5, 0.6) is 5.75 Å². The summed E-state index contributed by atoms with van der Waals surface area (Å²) in [6.45, 7) is 4.57. The van der Waals surface area contributed by atoms with Crippen LogP contribution in [-0.4, -0.2) is 51.4 Å². The molecule has 2 rings (SSSR count). The van der Waals surface area contributed by atoms with E-state index in [2.05, 4.69) is 10.6 Å². The lowest BCUT2D eigenvalue weighted by molar-refractivity contribution is -0.0259. The fraction of sp³-hybridized carbons (Fsp3) is 0.444. The molecule has 0 heterocycles. The zero-order chi connectivity index (χ0) is 22.6. The van der Waals surface area contributed by atoms with Crippen molar-refractivity contribution >= 4 is 38.7 Å². The van der Waals surface area contributed by atoms with E-state index < -0.39 is 31.5 Å². The van der Waals surface area contributed by atoms with Crippen molar-refractivity contribution < 1.29 is 23.1 Å². The number of nitrogens with zero attached hydrogens (tertiary/aromatic N) is 1. The SMILES string of the molecule is CCOC[C@H](CC)Nc1c(Nc2ccc(Cl)c(S(=O)(=O)N(C)OC)c2O)c(=O)c1=O. The van der Waals surface area contributed by atoms with Crippen molar-refractivity contribution in [2.24, 2.45) is 0 Å². The Kier molecular flexibility index (Phi) is 7.83. The number of halogens is 1. The first-order valence-electron chi connectivity index (χ1n) is 9.09. The molecule has 0 aliphatic carbocycles. The number of phenolic OH excluding ortho intramolecular Hbond substituents is 1. The lowest BCUT2D eigenvalue weighted by atomic mass is 10.1. The fourth-order valence-electron chi connectivity index (χ4n) is 2.63. The Morgan fingerprint density at radius 2 is 1.83 bits per heavy atom. The third-order valence-corrected chi connectivity index (χ3v) is 6.65.